The first-order valence-electron chi connectivity index (χ1n) is 6.18. The summed E-state index contributed by atoms with van der Waals surface area (Å²) in [5.74, 6) is 1.69. The zero-order valence-electron chi connectivity index (χ0n) is 9.50. The molecule has 0 aromatic heterocycles. The second-order valence-corrected chi connectivity index (χ2v) is 6.07. The van der Waals surface area contributed by atoms with Crippen LogP contribution in [-0.4, -0.2) is 36.3 Å². The van der Waals surface area contributed by atoms with E-state index in [9.17, 15) is 4.79 Å². The van der Waals surface area contributed by atoms with Crippen molar-refractivity contribution in [1.82, 2.24) is 0 Å². The highest BCUT2D eigenvalue weighted by Gasteiger charge is 2.61. The normalized spacial score (nSPS) is 38.4. The monoisotopic (exact) mass is 242 g/mol. The minimum absolute atomic E-state index is 0.329. The first-order chi connectivity index (χ1) is 7.79. The van der Waals surface area contributed by atoms with Gasteiger partial charge in [-0.2, -0.15) is 11.8 Å². The zero-order valence-corrected chi connectivity index (χ0v) is 10.3. The predicted molar refractivity (Wildman–Crippen MR) is 62.5 cm³/mol. The Hall–Kier alpha value is -0.0600. The van der Waals surface area contributed by atoms with Gasteiger partial charge in [0.25, 0.3) is 0 Å². The summed E-state index contributed by atoms with van der Waals surface area (Å²) in [6, 6.07) is 0. The molecular formula is C12H18O3S. The fourth-order valence-corrected chi connectivity index (χ4v) is 4.70. The summed E-state index contributed by atoms with van der Waals surface area (Å²) >= 11 is 1.88. The summed E-state index contributed by atoms with van der Waals surface area (Å²) in [5.41, 5.74) is -0.329. The van der Waals surface area contributed by atoms with Crippen molar-refractivity contribution >= 4 is 17.5 Å². The second-order valence-electron chi connectivity index (χ2n) is 4.96. The van der Waals surface area contributed by atoms with Crippen LogP contribution in [0.15, 0.2) is 0 Å². The third-order valence-corrected chi connectivity index (χ3v) is 5.39. The Morgan fingerprint density at radius 1 is 1.12 bits per heavy atom. The van der Waals surface area contributed by atoms with Gasteiger partial charge in [0.05, 0.1) is 18.6 Å². The summed E-state index contributed by atoms with van der Waals surface area (Å²) in [6.07, 6.45) is 4.82. The molecule has 3 rings (SSSR count). The van der Waals surface area contributed by atoms with E-state index in [4.69, 9.17) is 9.47 Å². The molecule has 2 saturated heterocycles. The van der Waals surface area contributed by atoms with Gasteiger partial charge in [-0.15, -0.1) is 0 Å². The average molecular weight is 242 g/mol. The van der Waals surface area contributed by atoms with Gasteiger partial charge in [-0.25, -0.2) is 0 Å². The molecule has 1 saturated carbocycles. The number of thioether (sulfide) groups is 1. The Morgan fingerprint density at radius 3 is 2.62 bits per heavy atom. The molecule has 1 unspecified atom stereocenters. The summed E-state index contributed by atoms with van der Waals surface area (Å²) < 4.78 is 11.8. The molecule has 3 nitrogen and oxygen atoms in total. The van der Waals surface area contributed by atoms with Crippen molar-refractivity contribution in [3.05, 3.63) is 0 Å². The van der Waals surface area contributed by atoms with Crippen LogP contribution in [0.4, 0.5) is 0 Å². The van der Waals surface area contributed by atoms with Crippen molar-refractivity contribution in [2.45, 2.75) is 37.9 Å². The second kappa shape index (κ2) is 4.00. The number of fused-ring (bicyclic) bond motifs is 1. The lowest BCUT2D eigenvalue weighted by molar-refractivity contribution is -0.243. The highest BCUT2D eigenvalue weighted by molar-refractivity contribution is 7.99. The molecule has 1 atom stereocenters. The number of ether oxygens (including phenoxy) is 2. The number of carbonyl (C=O) groups is 1. The highest BCUT2D eigenvalue weighted by Crippen LogP contribution is 2.53. The molecule has 3 aliphatic rings. The third kappa shape index (κ3) is 1.39. The van der Waals surface area contributed by atoms with Gasteiger partial charge in [0.15, 0.2) is 5.79 Å². The number of Topliss-reactive ketones (excluding diaryl/α,β-unsaturated/α-hetero) is 1. The molecule has 3 fully saturated rings. The highest BCUT2D eigenvalue weighted by atomic mass is 32.2. The first kappa shape index (κ1) is 11.1. The average Bonchev–Trinajstić information content (AvgIpc) is 2.76. The third-order valence-electron chi connectivity index (χ3n) is 4.20. The van der Waals surface area contributed by atoms with Crippen LogP contribution in [0, 0.1) is 5.41 Å². The number of hydrogen-bond acceptors (Lipinski definition) is 4. The van der Waals surface area contributed by atoms with E-state index in [1.807, 2.05) is 11.8 Å². The summed E-state index contributed by atoms with van der Waals surface area (Å²) in [6.45, 7) is 1.30. The molecule has 2 aliphatic heterocycles. The van der Waals surface area contributed by atoms with E-state index in [0.29, 0.717) is 25.4 Å². The van der Waals surface area contributed by atoms with Crippen LogP contribution >= 0.6 is 11.8 Å². The van der Waals surface area contributed by atoms with E-state index < -0.39 is 5.79 Å². The summed E-state index contributed by atoms with van der Waals surface area (Å²) in [4.78, 5) is 12.4. The first-order valence-corrected chi connectivity index (χ1v) is 7.34. The Labute approximate surface area is 100 Å². The Balaban J connectivity index is 1.97. The predicted octanol–water partition coefficient (Wildman–Crippen LogP) is 2.00. The van der Waals surface area contributed by atoms with Crippen LogP contribution in [0.5, 0.6) is 0 Å². The van der Waals surface area contributed by atoms with Crippen LogP contribution in [0.25, 0.3) is 0 Å². The number of carbonyl (C=O) groups excluding carboxylic acids is 1. The van der Waals surface area contributed by atoms with Crippen molar-refractivity contribution in [3.63, 3.8) is 0 Å². The van der Waals surface area contributed by atoms with E-state index in [0.717, 1.165) is 37.2 Å². The molecule has 0 radical (unpaired) electrons. The largest absolute Gasteiger partial charge is 0.346 e. The lowest BCUT2D eigenvalue weighted by atomic mass is 9.66. The Bertz CT molecular complexity index is 293. The van der Waals surface area contributed by atoms with E-state index >= 15 is 0 Å². The van der Waals surface area contributed by atoms with E-state index in [2.05, 4.69) is 0 Å². The topological polar surface area (TPSA) is 35.5 Å². The van der Waals surface area contributed by atoms with Crippen LogP contribution in [0.1, 0.15) is 32.1 Å². The van der Waals surface area contributed by atoms with Crippen molar-refractivity contribution in [1.29, 1.82) is 0 Å². The van der Waals surface area contributed by atoms with E-state index in [1.54, 1.807) is 0 Å². The van der Waals surface area contributed by atoms with Crippen molar-refractivity contribution in [3.8, 4) is 0 Å². The molecule has 2 heterocycles. The maximum atomic E-state index is 12.4. The molecule has 0 amide bonds. The van der Waals surface area contributed by atoms with Crippen LogP contribution < -0.4 is 0 Å². The zero-order chi connectivity index (χ0) is 11.1. The maximum absolute atomic E-state index is 12.4. The molecule has 4 heteroatoms. The van der Waals surface area contributed by atoms with Crippen molar-refractivity contribution in [2.75, 3.05) is 24.7 Å². The standard InChI is InChI=1S/C12H18O3S/c13-10-3-8-16-9-11(10)4-1-2-5-12(11)14-6-7-15-12/h1-9H2. The van der Waals surface area contributed by atoms with Gasteiger partial charge in [-0.1, -0.05) is 6.42 Å². The Morgan fingerprint density at radius 2 is 1.88 bits per heavy atom. The lowest BCUT2D eigenvalue weighted by Crippen LogP contribution is -2.59. The molecule has 16 heavy (non-hydrogen) atoms. The molecule has 2 spiro atoms. The SMILES string of the molecule is O=C1CCSCC12CCCCC21OCCO1. The Kier molecular flexibility index (Phi) is 2.76. The van der Waals surface area contributed by atoms with Gasteiger partial charge < -0.3 is 9.47 Å². The molecule has 90 valence electrons. The number of rotatable bonds is 0. The van der Waals surface area contributed by atoms with Gasteiger partial charge in [-0.05, 0) is 12.8 Å². The van der Waals surface area contributed by atoms with Crippen LogP contribution in [0.3, 0.4) is 0 Å². The van der Waals surface area contributed by atoms with Gasteiger partial charge in [0, 0.05) is 24.3 Å². The van der Waals surface area contributed by atoms with E-state index in [-0.39, 0.29) is 5.41 Å². The quantitative estimate of drug-likeness (QED) is 0.651. The van der Waals surface area contributed by atoms with Crippen LogP contribution in [0.2, 0.25) is 0 Å². The minimum atomic E-state index is -0.560. The molecule has 0 aromatic carbocycles. The molecule has 0 aromatic rings. The molecule has 0 bridgehead atoms. The van der Waals surface area contributed by atoms with Gasteiger partial charge in [-0.3, -0.25) is 4.79 Å². The lowest BCUT2D eigenvalue weighted by Gasteiger charge is -2.50. The molecule has 1 aliphatic carbocycles. The summed E-state index contributed by atoms with van der Waals surface area (Å²) in [5, 5.41) is 0. The maximum Gasteiger partial charge on any atom is 0.181 e. The molecule has 0 N–H and O–H groups in total. The fraction of sp³-hybridized carbons (Fsp3) is 0.917. The fourth-order valence-electron chi connectivity index (χ4n) is 3.35. The number of ketones is 1. The van der Waals surface area contributed by atoms with Gasteiger partial charge >= 0.3 is 0 Å². The van der Waals surface area contributed by atoms with Crippen molar-refractivity contribution in [2.24, 2.45) is 5.41 Å². The van der Waals surface area contributed by atoms with Crippen molar-refractivity contribution < 1.29 is 14.3 Å². The summed E-state index contributed by atoms with van der Waals surface area (Å²) in [7, 11) is 0. The van der Waals surface area contributed by atoms with Crippen LogP contribution in [-0.2, 0) is 14.3 Å². The number of hydrogen-bond donors (Lipinski definition) is 0. The minimum Gasteiger partial charge on any atom is -0.346 e. The smallest absolute Gasteiger partial charge is 0.181 e. The van der Waals surface area contributed by atoms with Gasteiger partial charge in [0.2, 0.25) is 0 Å². The van der Waals surface area contributed by atoms with E-state index in [1.165, 1.54) is 0 Å². The van der Waals surface area contributed by atoms with Gasteiger partial charge in [0.1, 0.15) is 5.78 Å². The molecular weight excluding hydrogens is 224 g/mol.